The van der Waals surface area contributed by atoms with Gasteiger partial charge in [-0.1, -0.05) is 18.2 Å². The van der Waals surface area contributed by atoms with E-state index in [4.69, 9.17) is 0 Å². The first kappa shape index (κ1) is 18.5. The summed E-state index contributed by atoms with van der Waals surface area (Å²) in [5.74, 6) is -1.46. The number of carboxylic acid groups (broad SMARTS) is 1. The Morgan fingerprint density at radius 1 is 1.23 bits per heavy atom. The molecule has 1 aromatic carbocycles. The van der Waals surface area contributed by atoms with Gasteiger partial charge in [-0.3, -0.25) is 19.6 Å². The van der Waals surface area contributed by atoms with E-state index < -0.39 is 17.8 Å². The largest absolute Gasteiger partial charge is 0.480 e. The van der Waals surface area contributed by atoms with Crippen molar-refractivity contribution in [1.82, 2.24) is 14.8 Å². The number of rotatable bonds is 5. The Morgan fingerprint density at radius 3 is 2.77 bits per heavy atom. The third-order valence-corrected chi connectivity index (χ3v) is 4.78. The Hall–Kier alpha value is -2.31. The van der Waals surface area contributed by atoms with Crippen LogP contribution in [0.4, 0.5) is 4.39 Å². The summed E-state index contributed by atoms with van der Waals surface area (Å²) in [4.78, 5) is 20.4. The van der Waals surface area contributed by atoms with E-state index in [1.165, 1.54) is 6.07 Å². The van der Waals surface area contributed by atoms with E-state index in [1.807, 2.05) is 23.1 Å². The second-order valence-corrected chi connectivity index (χ2v) is 6.75. The van der Waals surface area contributed by atoms with Crippen molar-refractivity contribution < 1.29 is 14.3 Å². The minimum atomic E-state index is -1.01. The van der Waals surface area contributed by atoms with Crippen molar-refractivity contribution in [3.63, 3.8) is 0 Å². The first-order valence-corrected chi connectivity index (χ1v) is 8.90. The molecule has 26 heavy (non-hydrogen) atoms. The molecule has 5 nitrogen and oxygen atoms in total. The Morgan fingerprint density at radius 2 is 2.08 bits per heavy atom. The molecule has 0 saturated carbocycles. The fourth-order valence-electron chi connectivity index (χ4n) is 3.47. The Balaban J connectivity index is 1.72. The third-order valence-electron chi connectivity index (χ3n) is 4.78. The first-order chi connectivity index (χ1) is 12.5. The molecule has 2 aromatic rings. The summed E-state index contributed by atoms with van der Waals surface area (Å²) in [6.07, 6.45) is 2.62. The normalized spacial score (nSPS) is 17.6. The predicted octanol–water partition coefficient (Wildman–Crippen LogP) is 2.86. The van der Waals surface area contributed by atoms with Crippen LogP contribution in [0.2, 0.25) is 0 Å². The van der Waals surface area contributed by atoms with Gasteiger partial charge in [0.2, 0.25) is 0 Å². The lowest BCUT2D eigenvalue weighted by atomic mass is 10.0. The molecule has 6 heteroatoms. The highest BCUT2D eigenvalue weighted by Crippen LogP contribution is 2.26. The van der Waals surface area contributed by atoms with Crippen LogP contribution >= 0.6 is 0 Å². The van der Waals surface area contributed by atoms with Gasteiger partial charge in [0.15, 0.2) is 0 Å². The van der Waals surface area contributed by atoms with Gasteiger partial charge in [-0.2, -0.15) is 0 Å². The van der Waals surface area contributed by atoms with Crippen LogP contribution in [0.15, 0.2) is 42.6 Å². The summed E-state index contributed by atoms with van der Waals surface area (Å²) in [6.45, 7) is 5.35. The highest BCUT2D eigenvalue weighted by Gasteiger charge is 2.31. The summed E-state index contributed by atoms with van der Waals surface area (Å²) in [6, 6.07) is 9.65. The standard InChI is InChI=1S/C20H24FN3O2/c1-15-6-7-17(18(21)13-15)19(20(25)26)24-10-4-9-23(11-12-24)14-16-5-2-3-8-22-16/h2-3,5-8,13,19H,4,9-12,14H2,1H3,(H,25,26)/t19-/m0/s1. The molecule has 0 bridgehead atoms. The van der Waals surface area contributed by atoms with E-state index in [0.29, 0.717) is 13.1 Å². The number of hydrogen-bond acceptors (Lipinski definition) is 4. The van der Waals surface area contributed by atoms with Crippen LogP contribution in [0.1, 0.15) is 29.3 Å². The molecule has 1 aliphatic heterocycles. The molecular weight excluding hydrogens is 333 g/mol. The van der Waals surface area contributed by atoms with E-state index in [2.05, 4.69) is 9.88 Å². The number of hydrogen-bond donors (Lipinski definition) is 1. The SMILES string of the molecule is Cc1ccc([C@@H](C(=O)O)N2CCCN(Cc3ccccn3)CC2)c(F)c1. The summed E-state index contributed by atoms with van der Waals surface area (Å²) in [5, 5.41) is 9.73. The number of carboxylic acids is 1. The number of aryl methyl sites for hydroxylation is 1. The van der Waals surface area contributed by atoms with Crippen LogP contribution in [0, 0.1) is 12.7 Å². The zero-order valence-electron chi connectivity index (χ0n) is 14.9. The molecule has 1 N–H and O–H groups in total. The van der Waals surface area contributed by atoms with Gasteiger partial charge in [0.05, 0.1) is 5.69 Å². The molecule has 0 radical (unpaired) electrons. The molecule has 0 aliphatic carbocycles. The minimum Gasteiger partial charge on any atom is -0.480 e. The monoisotopic (exact) mass is 357 g/mol. The Kier molecular flexibility index (Phi) is 5.96. The average Bonchev–Trinajstić information content (AvgIpc) is 2.83. The molecule has 1 saturated heterocycles. The van der Waals surface area contributed by atoms with Crippen molar-refractivity contribution in [3.8, 4) is 0 Å². The van der Waals surface area contributed by atoms with Gasteiger partial charge >= 0.3 is 5.97 Å². The van der Waals surface area contributed by atoms with E-state index in [9.17, 15) is 14.3 Å². The lowest BCUT2D eigenvalue weighted by molar-refractivity contribution is -0.143. The van der Waals surface area contributed by atoms with E-state index in [-0.39, 0.29) is 5.56 Å². The number of aromatic nitrogens is 1. The first-order valence-electron chi connectivity index (χ1n) is 8.90. The van der Waals surface area contributed by atoms with Gasteiger partial charge in [0, 0.05) is 37.9 Å². The van der Waals surface area contributed by atoms with Crippen LogP contribution in [0.3, 0.4) is 0 Å². The van der Waals surface area contributed by atoms with Crippen LogP contribution < -0.4 is 0 Å². The fourth-order valence-corrected chi connectivity index (χ4v) is 3.47. The molecule has 0 unspecified atom stereocenters. The molecule has 1 aromatic heterocycles. The topological polar surface area (TPSA) is 56.7 Å². The fraction of sp³-hybridized carbons (Fsp3) is 0.400. The Bertz CT molecular complexity index is 754. The van der Waals surface area contributed by atoms with Crippen molar-refractivity contribution in [2.45, 2.75) is 25.9 Å². The van der Waals surface area contributed by atoms with Crippen molar-refractivity contribution in [2.24, 2.45) is 0 Å². The number of nitrogens with zero attached hydrogens (tertiary/aromatic N) is 3. The lowest BCUT2D eigenvalue weighted by Gasteiger charge is -2.28. The highest BCUT2D eigenvalue weighted by molar-refractivity contribution is 5.75. The molecule has 0 amide bonds. The molecule has 1 fully saturated rings. The maximum atomic E-state index is 14.4. The van der Waals surface area contributed by atoms with Crippen LogP contribution in [0.25, 0.3) is 0 Å². The van der Waals surface area contributed by atoms with Gasteiger partial charge in [0.25, 0.3) is 0 Å². The lowest BCUT2D eigenvalue weighted by Crippen LogP contribution is -2.37. The van der Waals surface area contributed by atoms with E-state index >= 15 is 0 Å². The number of benzene rings is 1. The molecule has 0 spiro atoms. The summed E-state index contributed by atoms with van der Waals surface area (Å²) in [5.41, 5.74) is 2.02. The smallest absolute Gasteiger partial charge is 0.325 e. The van der Waals surface area contributed by atoms with Gasteiger partial charge < -0.3 is 5.11 Å². The van der Waals surface area contributed by atoms with Crippen molar-refractivity contribution in [3.05, 3.63) is 65.2 Å². The maximum Gasteiger partial charge on any atom is 0.325 e. The quantitative estimate of drug-likeness (QED) is 0.892. The van der Waals surface area contributed by atoms with Crippen LogP contribution in [-0.4, -0.2) is 52.0 Å². The molecule has 3 rings (SSSR count). The van der Waals surface area contributed by atoms with Crippen molar-refractivity contribution >= 4 is 5.97 Å². The average molecular weight is 357 g/mol. The van der Waals surface area contributed by atoms with Crippen molar-refractivity contribution in [1.29, 1.82) is 0 Å². The predicted molar refractivity (Wildman–Crippen MR) is 97.2 cm³/mol. The molecule has 1 atom stereocenters. The summed E-state index contributed by atoms with van der Waals surface area (Å²) in [7, 11) is 0. The van der Waals surface area contributed by atoms with Gasteiger partial charge in [-0.15, -0.1) is 0 Å². The maximum absolute atomic E-state index is 14.4. The van der Waals surface area contributed by atoms with E-state index in [1.54, 1.807) is 25.3 Å². The number of halogens is 1. The molecule has 1 aliphatic rings. The second kappa shape index (κ2) is 8.38. The summed E-state index contributed by atoms with van der Waals surface area (Å²) >= 11 is 0. The highest BCUT2D eigenvalue weighted by atomic mass is 19.1. The van der Waals surface area contributed by atoms with Crippen LogP contribution in [0.5, 0.6) is 0 Å². The second-order valence-electron chi connectivity index (χ2n) is 6.75. The zero-order valence-corrected chi connectivity index (χ0v) is 14.9. The van der Waals surface area contributed by atoms with Gasteiger partial charge in [0.1, 0.15) is 11.9 Å². The number of aliphatic carboxylic acids is 1. The van der Waals surface area contributed by atoms with Gasteiger partial charge in [-0.05, 0) is 43.7 Å². The molecule has 138 valence electrons. The molecule has 2 heterocycles. The van der Waals surface area contributed by atoms with Crippen LogP contribution in [-0.2, 0) is 11.3 Å². The summed E-state index contributed by atoms with van der Waals surface area (Å²) < 4.78 is 14.4. The molecular formula is C20H24FN3O2. The van der Waals surface area contributed by atoms with E-state index in [0.717, 1.165) is 37.3 Å². The Labute approximate surface area is 153 Å². The van der Waals surface area contributed by atoms with Gasteiger partial charge in [-0.25, -0.2) is 4.39 Å². The minimum absolute atomic E-state index is 0.237. The number of carbonyl (C=O) groups is 1. The number of pyridine rings is 1. The third kappa shape index (κ3) is 4.45. The van der Waals surface area contributed by atoms with Crippen molar-refractivity contribution in [2.75, 3.05) is 26.2 Å². The zero-order chi connectivity index (χ0) is 18.5.